The van der Waals surface area contributed by atoms with Crippen LogP contribution in [0.5, 0.6) is 0 Å². The van der Waals surface area contributed by atoms with E-state index in [2.05, 4.69) is 24.9 Å². The quantitative estimate of drug-likeness (QED) is 0.625. The van der Waals surface area contributed by atoms with Crippen LogP contribution in [0.15, 0.2) is 24.3 Å². The minimum absolute atomic E-state index is 0.113. The molecule has 0 saturated heterocycles. The lowest BCUT2D eigenvalue weighted by atomic mass is 9.78. The van der Waals surface area contributed by atoms with Gasteiger partial charge >= 0.3 is 5.97 Å². The Bertz CT molecular complexity index is 884. The number of benzene rings is 1. The smallest absolute Gasteiger partial charge is 0.311 e. The molecule has 2 atom stereocenters. The third kappa shape index (κ3) is 4.10. The Morgan fingerprint density at radius 1 is 1.23 bits per heavy atom. The molecule has 6 heteroatoms. The van der Waals surface area contributed by atoms with Crippen LogP contribution in [0.1, 0.15) is 57.7 Å². The van der Waals surface area contributed by atoms with Crippen molar-refractivity contribution < 1.29 is 19.1 Å². The Labute approximate surface area is 178 Å². The van der Waals surface area contributed by atoms with Crippen LogP contribution >= 0.6 is 0 Å². The van der Waals surface area contributed by atoms with Gasteiger partial charge in [0.15, 0.2) is 0 Å². The van der Waals surface area contributed by atoms with Crippen molar-refractivity contribution in [3.05, 3.63) is 35.5 Å². The van der Waals surface area contributed by atoms with Crippen LogP contribution in [-0.2, 0) is 31.1 Å². The second kappa shape index (κ2) is 9.65. The molecular weight excluding hydrogens is 380 g/mol. The van der Waals surface area contributed by atoms with Crippen LogP contribution in [-0.4, -0.2) is 48.6 Å². The number of nitrogens with zero attached hydrogens (tertiary/aromatic N) is 1. The zero-order valence-electron chi connectivity index (χ0n) is 18.6. The van der Waals surface area contributed by atoms with E-state index in [1.165, 1.54) is 12.7 Å². The van der Waals surface area contributed by atoms with Gasteiger partial charge in [-0.2, -0.15) is 0 Å². The molecule has 0 aliphatic carbocycles. The fourth-order valence-electron chi connectivity index (χ4n) is 4.70. The molecule has 2 heterocycles. The minimum Gasteiger partial charge on any atom is -0.469 e. The lowest BCUT2D eigenvalue weighted by molar-refractivity contribution is -0.167. The summed E-state index contributed by atoms with van der Waals surface area (Å²) in [6.07, 6.45) is 3.40. The first-order valence-corrected chi connectivity index (χ1v) is 11.1. The Hall–Kier alpha value is -2.34. The van der Waals surface area contributed by atoms with Crippen molar-refractivity contribution >= 4 is 22.8 Å². The summed E-state index contributed by atoms with van der Waals surface area (Å²) >= 11 is 0. The van der Waals surface area contributed by atoms with Gasteiger partial charge in [0.05, 0.1) is 25.3 Å². The monoisotopic (exact) mass is 414 g/mol. The summed E-state index contributed by atoms with van der Waals surface area (Å²) in [5.74, 6) is -0.747. The van der Waals surface area contributed by atoms with Crippen LogP contribution in [0.4, 0.5) is 0 Å². The molecule has 2 aromatic rings. The second-order valence-electron chi connectivity index (χ2n) is 8.14. The number of carbonyl (C=O) groups excluding carboxylic acids is 2. The molecule has 1 amide bonds. The number of aromatic nitrogens is 1. The Morgan fingerprint density at radius 3 is 2.60 bits per heavy atom. The van der Waals surface area contributed by atoms with E-state index in [1.807, 2.05) is 30.0 Å². The van der Waals surface area contributed by atoms with Crippen LogP contribution < -0.4 is 0 Å². The highest BCUT2D eigenvalue weighted by atomic mass is 16.5. The van der Waals surface area contributed by atoms with Crippen LogP contribution in [0.25, 0.3) is 10.9 Å². The largest absolute Gasteiger partial charge is 0.469 e. The molecule has 0 spiro atoms. The number of aromatic amines is 1. The van der Waals surface area contributed by atoms with Gasteiger partial charge in [-0.3, -0.25) is 9.59 Å². The highest BCUT2D eigenvalue weighted by Gasteiger charge is 2.48. The maximum Gasteiger partial charge on any atom is 0.311 e. The van der Waals surface area contributed by atoms with E-state index in [0.29, 0.717) is 19.4 Å². The van der Waals surface area contributed by atoms with Crippen molar-refractivity contribution in [2.75, 3.05) is 26.8 Å². The highest BCUT2D eigenvalue weighted by molar-refractivity contribution is 5.86. The number of nitrogens with one attached hydrogen (secondary N) is 1. The van der Waals surface area contributed by atoms with Gasteiger partial charge in [-0.25, -0.2) is 0 Å². The summed E-state index contributed by atoms with van der Waals surface area (Å²) in [6.45, 7) is 8.02. The SMILES string of the molecule is CCCN(CCC)C(=O)CCC1(C(C)C(=O)OC)OCCc2c1[nH]c1ccccc21. The molecular formula is C24H34N2O4. The molecule has 1 aromatic heterocycles. The molecule has 1 aliphatic rings. The lowest BCUT2D eigenvalue weighted by Crippen LogP contribution is -2.46. The molecule has 2 unspecified atom stereocenters. The number of hydrogen-bond acceptors (Lipinski definition) is 4. The van der Waals surface area contributed by atoms with Gasteiger partial charge in [-0.05, 0) is 44.2 Å². The number of rotatable bonds is 9. The van der Waals surface area contributed by atoms with Gasteiger partial charge in [0, 0.05) is 30.4 Å². The van der Waals surface area contributed by atoms with E-state index in [1.54, 1.807) is 0 Å². The molecule has 30 heavy (non-hydrogen) atoms. The third-order valence-corrected chi connectivity index (χ3v) is 6.25. The molecule has 1 N–H and O–H groups in total. The van der Waals surface area contributed by atoms with Crippen molar-refractivity contribution in [2.24, 2.45) is 5.92 Å². The topological polar surface area (TPSA) is 71.6 Å². The van der Waals surface area contributed by atoms with Gasteiger partial charge in [0.2, 0.25) is 5.91 Å². The zero-order valence-corrected chi connectivity index (χ0v) is 18.6. The van der Waals surface area contributed by atoms with Crippen molar-refractivity contribution in [3.8, 4) is 0 Å². The maximum absolute atomic E-state index is 13.0. The zero-order chi connectivity index (χ0) is 21.7. The van der Waals surface area contributed by atoms with Gasteiger partial charge in [-0.1, -0.05) is 32.0 Å². The number of carbonyl (C=O) groups is 2. The normalized spacial score (nSPS) is 19.3. The molecule has 0 radical (unpaired) electrons. The van der Waals surface area contributed by atoms with Gasteiger partial charge in [0.1, 0.15) is 5.60 Å². The summed E-state index contributed by atoms with van der Waals surface area (Å²) in [5.41, 5.74) is 2.22. The van der Waals surface area contributed by atoms with Crippen molar-refractivity contribution in [3.63, 3.8) is 0 Å². The van der Waals surface area contributed by atoms with Gasteiger partial charge in [0.25, 0.3) is 0 Å². The standard InChI is InChI=1S/C24H34N2O4/c1-5-14-26(15-6-2)21(27)11-13-24(17(3)23(28)29-4)22-19(12-16-30-24)18-9-7-8-10-20(18)25-22/h7-10,17,25H,5-6,11-16H2,1-4H3. The number of hydrogen-bond donors (Lipinski definition) is 1. The first-order chi connectivity index (χ1) is 14.5. The third-order valence-electron chi connectivity index (χ3n) is 6.25. The van der Waals surface area contributed by atoms with Crippen molar-refractivity contribution in [2.45, 2.75) is 58.5 Å². The van der Waals surface area contributed by atoms with Gasteiger partial charge in [-0.15, -0.1) is 0 Å². The lowest BCUT2D eigenvalue weighted by Gasteiger charge is -2.41. The Balaban J connectivity index is 1.98. The summed E-state index contributed by atoms with van der Waals surface area (Å²) in [4.78, 5) is 31.0. The van der Waals surface area contributed by atoms with E-state index in [4.69, 9.17) is 9.47 Å². The van der Waals surface area contributed by atoms with E-state index >= 15 is 0 Å². The minimum atomic E-state index is -0.903. The predicted molar refractivity (Wildman–Crippen MR) is 117 cm³/mol. The van der Waals surface area contributed by atoms with E-state index in [-0.39, 0.29) is 11.9 Å². The number of amides is 1. The summed E-state index contributed by atoms with van der Waals surface area (Å²) in [5, 5.41) is 1.15. The molecule has 0 bridgehead atoms. The number of H-pyrrole nitrogens is 1. The van der Waals surface area contributed by atoms with E-state index in [0.717, 1.165) is 48.9 Å². The number of fused-ring (bicyclic) bond motifs is 3. The van der Waals surface area contributed by atoms with Crippen LogP contribution in [0.2, 0.25) is 0 Å². The van der Waals surface area contributed by atoms with Gasteiger partial charge < -0.3 is 19.4 Å². The molecule has 1 aromatic carbocycles. The average Bonchev–Trinajstić information content (AvgIpc) is 3.16. The molecule has 164 valence electrons. The van der Waals surface area contributed by atoms with E-state index < -0.39 is 11.5 Å². The Kier molecular flexibility index (Phi) is 7.19. The fraction of sp³-hybridized carbons (Fsp3) is 0.583. The van der Waals surface area contributed by atoms with Crippen molar-refractivity contribution in [1.82, 2.24) is 9.88 Å². The summed E-state index contributed by atoms with van der Waals surface area (Å²) < 4.78 is 11.4. The number of methoxy groups -OCH3 is 1. The molecule has 0 saturated carbocycles. The van der Waals surface area contributed by atoms with Crippen LogP contribution in [0, 0.1) is 5.92 Å². The molecule has 0 fully saturated rings. The average molecular weight is 415 g/mol. The molecule has 3 rings (SSSR count). The number of para-hydroxylation sites is 1. The fourth-order valence-corrected chi connectivity index (χ4v) is 4.70. The highest BCUT2D eigenvalue weighted by Crippen LogP contribution is 2.45. The van der Waals surface area contributed by atoms with Crippen LogP contribution in [0.3, 0.4) is 0 Å². The summed E-state index contributed by atoms with van der Waals surface area (Å²) in [7, 11) is 1.40. The predicted octanol–water partition coefficient (Wildman–Crippen LogP) is 4.17. The first kappa shape index (κ1) is 22.3. The van der Waals surface area contributed by atoms with Crippen molar-refractivity contribution in [1.29, 1.82) is 0 Å². The molecule has 1 aliphatic heterocycles. The molecule has 6 nitrogen and oxygen atoms in total. The first-order valence-electron chi connectivity index (χ1n) is 11.1. The maximum atomic E-state index is 13.0. The second-order valence-corrected chi connectivity index (χ2v) is 8.14. The van der Waals surface area contributed by atoms with E-state index in [9.17, 15) is 9.59 Å². The summed E-state index contributed by atoms with van der Waals surface area (Å²) in [6, 6.07) is 8.15. The number of esters is 1. The Morgan fingerprint density at radius 2 is 1.93 bits per heavy atom. The number of ether oxygens (including phenoxy) is 2.